The molecule has 0 aromatic rings. The van der Waals surface area contributed by atoms with Gasteiger partial charge in [0.25, 0.3) is 0 Å². The van der Waals surface area contributed by atoms with Gasteiger partial charge in [0.2, 0.25) is 0 Å². The highest BCUT2D eigenvalue weighted by molar-refractivity contribution is 5.69. The quantitative estimate of drug-likeness (QED) is 0.340. The minimum atomic E-state index is 1.06. The maximum absolute atomic E-state index is 7.06. The maximum Gasteiger partial charge on any atom is 0.0180 e. The number of nitrogens with one attached hydrogen (secondary N) is 2. The van der Waals surface area contributed by atoms with Crippen molar-refractivity contribution in [2.24, 2.45) is 0 Å². The molecule has 0 amide bonds. The molecule has 0 heterocycles. The van der Waals surface area contributed by atoms with Crippen molar-refractivity contribution in [2.75, 3.05) is 13.1 Å². The molecule has 0 aliphatic rings. The summed E-state index contributed by atoms with van der Waals surface area (Å²) < 4.78 is 0. The van der Waals surface area contributed by atoms with E-state index in [1.54, 1.807) is 0 Å². The summed E-state index contributed by atoms with van der Waals surface area (Å²) in [5.74, 6) is 0. The van der Waals surface area contributed by atoms with Crippen molar-refractivity contribution in [3.63, 3.8) is 0 Å². The Balaban J connectivity index is 3.72. The first-order valence-corrected chi connectivity index (χ1v) is 5.92. The summed E-state index contributed by atoms with van der Waals surface area (Å²) in [6, 6.07) is 0. The molecule has 0 aromatic carbocycles. The molecule has 0 aliphatic heterocycles. The van der Waals surface area contributed by atoms with E-state index in [1.807, 2.05) is 6.08 Å². The third kappa shape index (κ3) is 9.42. The highest BCUT2D eigenvalue weighted by atomic mass is 14.8. The van der Waals surface area contributed by atoms with Crippen molar-refractivity contribution < 1.29 is 0 Å². The molecule has 0 aromatic heterocycles. The van der Waals surface area contributed by atoms with E-state index >= 15 is 0 Å². The van der Waals surface area contributed by atoms with Gasteiger partial charge in [-0.2, -0.15) is 0 Å². The Morgan fingerprint density at radius 3 is 2.67 bits per heavy atom. The molecule has 2 N–H and O–H groups in total. The first kappa shape index (κ1) is 14.1. The smallest absolute Gasteiger partial charge is 0.0180 e. The van der Waals surface area contributed by atoms with Gasteiger partial charge < -0.3 is 10.7 Å². The molecule has 0 spiro atoms. The molecule has 0 fully saturated rings. The van der Waals surface area contributed by atoms with Crippen LogP contribution in [0.3, 0.4) is 0 Å². The predicted molar refractivity (Wildman–Crippen MR) is 68.7 cm³/mol. The summed E-state index contributed by atoms with van der Waals surface area (Å²) >= 11 is 0. The zero-order valence-corrected chi connectivity index (χ0v) is 10.1. The monoisotopic (exact) mass is 208 g/mol. The van der Waals surface area contributed by atoms with Crippen molar-refractivity contribution in [2.45, 2.75) is 39.5 Å². The average molecular weight is 208 g/mol. The summed E-state index contributed by atoms with van der Waals surface area (Å²) in [5, 5.41) is 10.4. The average Bonchev–Trinajstić information content (AvgIpc) is 2.25. The van der Waals surface area contributed by atoms with Crippen LogP contribution in [0.25, 0.3) is 0 Å². The molecule has 2 nitrogen and oxygen atoms in total. The zero-order valence-electron chi connectivity index (χ0n) is 10.1. The highest BCUT2D eigenvalue weighted by Crippen LogP contribution is 2.06. The van der Waals surface area contributed by atoms with E-state index in [9.17, 15) is 0 Å². The molecule has 0 aliphatic carbocycles. The van der Waals surface area contributed by atoms with E-state index in [4.69, 9.17) is 5.41 Å². The van der Waals surface area contributed by atoms with Gasteiger partial charge in [-0.1, -0.05) is 26.0 Å². The van der Waals surface area contributed by atoms with Crippen molar-refractivity contribution in [3.8, 4) is 0 Å². The lowest BCUT2D eigenvalue weighted by Crippen LogP contribution is -2.15. The van der Waals surface area contributed by atoms with Gasteiger partial charge in [-0.25, -0.2) is 0 Å². The summed E-state index contributed by atoms with van der Waals surface area (Å²) in [7, 11) is 0. The number of hydrogen-bond acceptors (Lipinski definition) is 2. The Morgan fingerprint density at radius 1 is 1.27 bits per heavy atom. The van der Waals surface area contributed by atoms with Crippen LogP contribution in [0, 0.1) is 5.41 Å². The van der Waals surface area contributed by atoms with Crippen LogP contribution in [0.4, 0.5) is 0 Å². The van der Waals surface area contributed by atoms with Crippen LogP contribution in [0.5, 0.6) is 0 Å². The fourth-order valence-electron chi connectivity index (χ4n) is 1.32. The fraction of sp³-hybridized carbons (Fsp3) is 0.615. The Bertz CT molecular complexity index is 205. The van der Waals surface area contributed by atoms with Gasteiger partial charge in [-0.3, -0.25) is 0 Å². The van der Waals surface area contributed by atoms with Gasteiger partial charge in [-0.05, 0) is 50.4 Å². The summed E-state index contributed by atoms with van der Waals surface area (Å²) in [5.41, 5.74) is 1.25. The standard InChI is InChI=1S/C13H24N2/c1-3-5-7-13(9-10-14)8-6-12-15-11-4-2/h5,7,9-10,14-15H,3-4,6,8,11-12H2,1-2H3/b7-5-,13-9+,14-10?. The van der Waals surface area contributed by atoms with E-state index in [0.717, 1.165) is 32.4 Å². The normalized spacial score (nSPS) is 12.3. The van der Waals surface area contributed by atoms with Crippen LogP contribution in [0.2, 0.25) is 0 Å². The second kappa shape index (κ2) is 11.2. The second-order valence-electron chi connectivity index (χ2n) is 3.57. The van der Waals surface area contributed by atoms with Gasteiger partial charge in [0.1, 0.15) is 0 Å². The molecule has 0 saturated carbocycles. The Labute approximate surface area is 94.0 Å². The van der Waals surface area contributed by atoms with Crippen LogP contribution < -0.4 is 5.32 Å². The van der Waals surface area contributed by atoms with Crippen molar-refractivity contribution >= 4 is 6.21 Å². The minimum absolute atomic E-state index is 1.06. The number of hydrogen-bond donors (Lipinski definition) is 2. The first-order chi connectivity index (χ1) is 7.35. The number of rotatable bonds is 9. The van der Waals surface area contributed by atoms with Crippen LogP contribution in [-0.2, 0) is 0 Å². The molecule has 15 heavy (non-hydrogen) atoms. The van der Waals surface area contributed by atoms with Gasteiger partial charge in [0.05, 0.1) is 0 Å². The van der Waals surface area contributed by atoms with E-state index in [0.29, 0.717) is 0 Å². The molecule has 0 rings (SSSR count). The van der Waals surface area contributed by atoms with Gasteiger partial charge in [-0.15, -0.1) is 0 Å². The molecule has 2 heteroatoms. The van der Waals surface area contributed by atoms with Crippen molar-refractivity contribution in [1.82, 2.24) is 5.32 Å². The Kier molecular flexibility index (Phi) is 10.5. The lowest BCUT2D eigenvalue weighted by molar-refractivity contribution is 0.641. The van der Waals surface area contributed by atoms with Crippen LogP contribution in [0.15, 0.2) is 23.8 Å². The molecule has 0 saturated heterocycles. The van der Waals surface area contributed by atoms with Crippen LogP contribution in [0.1, 0.15) is 39.5 Å². The van der Waals surface area contributed by atoms with Crippen LogP contribution >= 0.6 is 0 Å². The molecular weight excluding hydrogens is 184 g/mol. The second-order valence-corrected chi connectivity index (χ2v) is 3.57. The Morgan fingerprint density at radius 2 is 2.07 bits per heavy atom. The number of allylic oxidation sites excluding steroid dienone is 4. The molecule has 86 valence electrons. The Hall–Kier alpha value is -0.890. The van der Waals surface area contributed by atoms with Gasteiger partial charge in [0, 0.05) is 6.21 Å². The third-order valence-corrected chi connectivity index (χ3v) is 2.11. The van der Waals surface area contributed by atoms with E-state index in [-0.39, 0.29) is 0 Å². The molecular formula is C13H24N2. The van der Waals surface area contributed by atoms with Gasteiger partial charge >= 0.3 is 0 Å². The molecule has 0 atom stereocenters. The summed E-state index contributed by atoms with van der Waals surface area (Å²) in [6.07, 6.45) is 12.0. The van der Waals surface area contributed by atoms with E-state index < -0.39 is 0 Å². The lowest BCUT2D eigenvalue weighted by Gasteiger charge is -2.03. The maximum atomic E-state index is 7.06. The fourth-order valence-corrected chi connectivity index (χ4v) is 1.32. The van der Waals surface area contributed by atoms with E-state index in [1.165, 1.54) is 18.2 Å². The first-order valence-electron chi connectivity index (χ1n) is 5.92. The highest BCUT2D eigenvalue weighted by Gasteiger charge is 1.92. The van der Waals surface area contributed by atoms with Crippen LogP contribution in [-0.4, -0.2) is 19.3 Å². The van der Waals surface area contributed by atoms with E-state index in [2.05, 4.69) is 31.3 Å². The van der Waals surface area contributed by atoms with Crippen molar-refractivity contribution in [1.29, 1.82) is 5.41 Å². The topological polar surface area (TPSA) is 35.9 Å². The lowest BCUT2D eigenvalue weighted by atomic mass is 10.1. The zero-order chi connectivity index (χ0) is 11.4. The van der Waals surface area contributed by atoms with Gasteiger partial charge in [0.15, 0.2) is 0 Å². The SMILES string of the molecule is CC/C=C\C(=C/C=N)CCCNCCC. The largest absolute Gasteiger partial charge is 0.317 e. The summed E-state index contributed by atoms with van der Waals surface area (Å²) in [4.78, 5) is 0. The molecule has 0 radical (unpaired) electrons. The third-order valence-electron chi connectivity index (χ3n) is 2.11. The van der Waals surface area contributed by atoms with Crippen molar-refractivity contribution in [3.05, 3.63) is 23.8 Å². The predicted octanol–water partition coefficient (Wildman–Crippen LogP) is 3.31. The minimum Gasteiger partial charge on any atom is -0.317 e. The molecule has 0 bridgehead atoms. The molecule has 0 unspecified atom stereocenters. The summed E-state index contributed by atoms with van der Waals surface area (Å²) in [6.45, 7) is 6.48.